The maximum absolute atomic E-state index is 13.3. The summed E-state index contributed by atoms with van der Waals surface area (Å²) in [5.41, 5.74) is 3.27. The lowest BCUT2D eigenvalue weighted by Gasteiger charge is -2.35. The molecule has 3 aromatic carbocycles. The second-order valence-corrected chi connectivity index (χ2v) is 13.0. The SMILES string of the molecule is CC=Nc1c(CC)cccc1S(=O)(=O)Nc1ccc(C(=O)N2CCN(Cc3cccc(OCC4CCC4)c3OC)CC2)cc1. The van der Waals surface area contributed by atoms with Crippen LogP contribution in [0, 0.1) is 5.92 Å². The summed E-state index contributed by atoms with van der Waals surface area (Å²) < 4.78 is 41.0. The number of carbonyl (C=O) groups excluding carboxylic acids is 1. The Morgan fingerprint density at radius 3 is 2.34 bits per heavy atom. The average molecular weight is 619 g/mol. The second-order valence-electron chi connectivity index (χ2n) is 11.3. The molecule has 1 aliphatic heterocycles. The van der Waals surface area contributed by atoms with E-state index in [0.29, 0.717) is 48.9 Å². The minimum absolute atomic E-state index is 0.0711. The summed E-state index contributed by atoms with van der Waals surface area (Å²) in [5.74, 6) is 2.15. The summed E-state index contributed by atoms with van der Waals surface area (Å²) in [4.78, 5) is 21.9. The van der Waals surface area contributed by atoms with Gasteiger partial charge in [-0.15, -0.1) is 0 Å². The van der Waals surface area contributed by atoms with Crippen LogP contribution in [-0.4, -0.2) is 70.2 Å². The highest BCUT2D eigenvalue weighted by Gasteiger charge is 2.25. The molecule has 0 atom stereocenters. The molecular weight excluding hydrogens is 576 g/mol. The van der Waals surface area contributed by atoms with Gasteiger partial charge in [0.25, 0.3) is 15.9 Å². The number of aryl methyl sites for hydroxylation is 1. The maximum Gasteiger partial charge on any atom is 0.264 e. The number of aliphatic imine (C=N–C) groups is 1. The van der Waals surface area contributed by atoms with Crippen LogP contribution in [0.2, 0.25) is 0 Å². The third kappa shape index (κ3) is 7.25. The Bertz CT molecular complexity index is 1580. The molecule has 0 spiro atoms. The number of carbonyl (C=O) groups is 1. The van der Waals surface area contributed by atoms with Gasteiger partial charge >= 0.3 is 0 Å². The van der Waals surface area contributed by atoms with Gasteiger partial charge in [0.15, 0.2) is 11.5 Å². The Balaban J connectivity index is 1.17. The molecule has 0 bridgehead atoms. The molecule has 9 nitrogen and oxygen atoms in total. The van der Waals surface area contributed by atoms with Crippen LogP contribution in [0.4, 0.5) is 11.4 Å². The third-order valence-electron chi connectivity index (χ3n) is 8.41. The molecule has 1 amide bonds. The highest BCUT2D eigenvalue weighted by Crippen LogP contribution is 2.35. The van der Waals surface area contributed by atoms with Crippen LogP contribution < -0.4 is 14.2 Å². The summed E-state index contributed by atoms with van der Waals surface area (Å²) >= 11 is 0. The van der Waals surface area contributed by atoms with Crippen molar-refractivity contribution in [2.45, 2.75) is 51.0 Å². The fourth-order valence-electron chi connectivity index (χ4n) is 5.67. The molecule has 1 saturated carbocycles. The number of nitrogens with zero attached hydrogens (tertiary/aromatic N) is 3. The lowest BCUT2D eigenvalue weighted by Crippen LogP contribution is -2.48. The molecule has 3 aromatic rings. The molecule has 5 rings (SSSR count). The molecule has 44 heavy (non-hydrogen) atoms. The first-order valence-electron chi connectivity index (χ1n) is 15.4. The Morgan fingerprint density at radius 2 is 1.70 bits per heavy atom. The third-order valence-corrected chi connectivity index (χ3v) is 9.83. The molecule has 1 saturated heterocycles. The molecule has 0 radical (unpaired) electrons. The zero-order valence-corrected chi connectivity index (χ0v) is 26.6. The van der Waals surface area contributed by atoms with E-state index in [-0.39, 0.29) is 10.8 Å². The maximum atomic E-state index is 13.3. The number of hydrogen-bond acceptors (Lipinski definition) is 7. The predicted octanol–water partition coefficient (Wildman–Crippen LogP) is 5.92. The minimum atomic E-state index is -3.88. The number of hydrogen-bond donors (Lipinski definition) is 1. The lowest BCUT2D eigenvalue weighted by molar-refractivity contribution is 0.0627. The van der Waals surface area contributed by atoms with E-state index in [9.17, 15) is 13.2 Å². The standard InChI is InChI=1S/C34H42N4O5S/c1-4-26-11-8-14-31(32(26)35-5-2)44(40,41)36-29-17-15-27(16-18-29)34(39)38-21-19-37(20-22-38)23-28-12-7-13-30(33(28)42-3)43-24-25-9-6-10-25/h5,7-8,11-18,25,36H,4,6,9-10,19-24H2,1-3H3. The molecule has 1 aliphatic carbocycles. The quantitative estimate of drug-likeness (QED) is 0.253. The van der Waals surface area contributed by atoms with E-state index in [4.69, 9.17) is 9.47 Å². The van der Waals surface area contributed by atoms with Gasteiger partial charge in [-0.05, 0) is 74.1 Å². The van der Waals surface area contributed by atoms with Crippen molar-refractivity contribution in [2.75, 3.05) is 44.6 Å². The summed E-state index contributed by atoms with van der Waals surface area (Å²) in [7, 11) is -2.20. The molecule has 2 fully saturated rings. The second kappa shape index (κ2) is 14.3. The monoisotopic (exact) mass is 618 g/mol. The highest BCUT2D eigenvalue weighted by atomic mass is 32.2. The average Bonchev–Trinajstić information content (AvgIpc) is 3.01. The smallest absolute Gasteiger partial charge is 0.264 e. The van der Waals surface area contributed by atoms with Crippen molar-refractivity contribution < 1.29 is 22.7 Å². The van der Waals surface area contributed by atoms with E-state index in [1.165, 1.54) is 19.3 Å². The number of rotatable bonds is 12. The van der Waals surface area contributed by atoms with E-state index in [1.54, 1.807) is 56.6 Å². The fourth-order valence-corrected chi connectivity index (χ4v) is 6.92. The van der Waals surface area contributed by atoms with Gasteiger partial charge in [0.2, 0.25) is 0 Å². The lowest BCUT2D eigenvalue weighted by atomic mass is 9.86. The minimum Gasteiger partial charge on any atom is -0.493 e. The van der Waals surface area contributed by atoms with Crippen molar-refractivity contribution in [2.24, 2.45) is 10.9 Å². The summed E-state index contributed by atoms with van der Waals surface area (Å²) in [6, 6.07) is 17.8. The van der Waals surface area contributed by atoms with Crippen molar-refractivity contribution >= 4 is 33.5 Å². The molecule has 10 heteroatoms. The number of anilines is 1. The van der Waals surface area contributed by atoms with Crippen molar-refractivity contribution in [3.63, 3.8) is 0 Å². The van der Waals surface area contributed by atoms with Gasteiger partial charge < -0.3 is 14.4 Å². The van der Waals surface area contributed by atoms with E-state index in [1.807, 2.05) is 30.0 Å². The molecule has 1 heterocycles. The van der Waals surface area contributed by atoms with Gasteiger partial charge in [-0.25, -0.2) is 8.42 Å². The number of sulfonamides is 1. The van der Waals surface area contributed by atoms with E-state index < -0.39 is 10.0 Å². The zero-order valence-electron chi connectivity index (χ0n) is 25.8. The number of amides is 1. The van der Waals surface area contributed by atoms with E-state index in [0.717, 1.165) is 42.3 Å². The van der Waals surface area contributed by atoms with Crippen molar-refractivity contribution in [3.05, 3.63) is 77.4 Å². The van der Waals surface area contributed by atoms with Crippen LogP contribution in [0.25, 0.3) is 0 Å². The molecule has 234 valence electrons. The molecule has 0 unspecified atom stereocenters. The first-order chi connectivity index (χ1) is 21.3. The van der Waals surface area contributed by atoms with E-state index >= 15 is 0 Å². The van der Waals surface area contributed by atoms with Crippen molar-refractivity contribution in [1.82, 2.24) is 9.80 Å². The van der Waals surface area contributed by atoms with Crippen LogP contribution in [0.3, 0.4) is 0 Å². The number of ether oxygens (including phenoxy) is 2. The van der Waals surface area contributed by atoms with Crippen LogP contribution in [0.5, 0.6) is 11.5 Å². The van der Waals surface area contributed by atoms with Crippen LogP contribution in [0.15, 0.2) is 70.6 Å². The van der Waals surface area contributed by atoms with E-state index in [2.05, 4.69) is 20.7 Å². The van der Waals surface area contributed by atoms with Gasteiger partial charge in [-0.1, -0.05) is 37.6 Å². The number of piperazine rings is 1. The highest BCUT2D eigenvalue weighted by molar-refractivity contribution is 7.92. The Labute approximate surface area is 260 Å². The zero-order chi connectivity index (χ0) is 31.1. The Hall–Kier alpha value is -3.89. The topological polar surface area (TPSA) is 101 Å². The molecule has 1 N–H and O–H groups in total. The van der Waals surface area contributed by atoms with Crippen molar-refractivity contribution in [1.29, 1.82) is 0 Å². The molecule has 2 aliphatic rings. The number of benzene rings is 3. The first-order valence-corrected chi connectivity index (χ1v) is 16.8. The summed E-state index contributed by atoms with van der Waals surface area (Å²) in [5, 5.41) is 0. The fraction of sp³-hybridized carbons (Fsp3) is 0.412. The van der Waals surface area contributed by atoms with Crippen LogP contribution in [0.1, 0.15) is 54.6 Å². The summed E-state index contributed by atoms with van der Waals surface area (Å²) in [6.07, 6.45) is 6.01. The van der Waals surface area contributed by atoms with Gasteiger partial charge in [-0.3, -0.25) is 19.4 Å². The van der Waals surface area contributed by atoms with Gasteiger partial charge in [0, 0.05) is 55.8 Å². The number of para-hydroxylation sites is 2. The van der Waals surface area contributed by atoms with Crippen LogP contribution in [-0.2, 0) is 23.0 Å². The number of methoxy groups -OCH3 is 1. The molecule has 0 aromatic heterocycles. The van der Waals surface area contributed by atoms with Gasteiger partial charge in [0.05, 0.1) is 19.4 Å². The number of nitrogens with one attached hydrogen (secondary N) is 1. The van der Waals surface area contributed by atoms with Gasteiger partial charge in [-0.2, -0.15) is 0 Å². The predicted molar refractivity (Wildman–Crippen MR) is 174 cm³/mol. The molecular formula is C34H42N4O5S. The first kappa shape index (κ1) is 31.5. The van der Waals surface area contributed by atoms with Crippen molar-refractivity contribution in [3.8, 4) is 11.5 Å². The van der Waals surface area contributed by atoms with Gasteiger partial charge in [0.1, 0.15) is 4.90 Å². The Kier molecular flexibility index (Phi) is 10.2. The normalized spacial score (nSPS) is 16.1. The Morgan fingerprint density at radius 1 is 1.00 bits per heavy atom. The summed E-state index contributed by atoms with van der Waals surface area (Å²) in [6.45, 7) is 7.84. The largest absolute Gasteiger partial charge is 0.493 e. The van der Waals surface area contributed by atoms with Crippen LogP contribution >= 0.6 is 0 Å².